The van der Waals surface area contributed by atoms with Crippen LogP contribution < -0.4 is 10.6 Å². The van der Waals surface area contributed by atoms with Gasteiger partial charge in [-0.15, -0.1) is 0 Å². The maximum atomic E-state index is 10.7. The van der Waals surface area contributed by atoms with Gasteiger partial charge in [0, 0.05) is 0 Å². The minimum absolute atomic E-state index is 0.238. The van der Waals surface area contributed by atoms with E-state index in [1.54, 1.807) is 0 Å². The van der Waals surface area contributed by atoms with Crippen molar-refractivity contribution in [1.82, 2.24) is 10.6 Å². The number of carbonyl (C=O) groups excluding carboxylic acids is 2. The van der Waals surface area contributed by atoms with Gasteiger partial charge in [0.15, 0.2) is 0 Å². The van der Waals surface area contributed by atoms with Gasteiger partial charge < -0.3 is 10.6 Å². The second-order valence-electron chi connectivity index (χ2n) is 7.73. The van der Waals surface area contributed by atoms with Gasteiger partial charge in [-0.1, -0.05) is 79.1 Å². The fourth-order valence-electron chi connectivity index (χ4n) is 2.83. The molecule has 0 rings (SSSR count). The van der Waals surface area contributed by atoms with Crippen LogP contribution >= 0.6 is 0 Å². The summed E-state index contributed by atoms with van der Waals surface area (Å²) < 4.78 is 0. The van der Waals surface area contributed by atoms with Crippen LogP contribution in [0.25, 0.3) is 0 Å². The highest BCUT2D eigenvalue weighted by Crippen LogP contribution is 2.12. The van der Waals surface area contributed by atoms with Crippen molar-refractivity contribution >= 4 is 12.6 Å². The molecule has 0 saturated heterocycles. The Kier molecular flexibility index (Phi) is 17.2. The van der Waals surface area contributed by atoms with Crippen molar-refractivity contribution in [3.63, 3.8) is 0 Å². The minimum atomic E-state index is 0.238. The number of unbranched alkanes of at least 4 members (excludes halogenated alkanes) is 9. The number of rotatable bonds is 19. The van der Waals surface area contributed by atoms with Crippen LogP contribution in [-0.2, 0) is 9.59 Å². The lowest BCUT2D eigenvalue weighted by atomic mass is 10.0. The summed E-state index contributed by atoms with van der Waals surface area (Å²) in [7, 11) is 0. The molecular weight excluding hydrogens is 324 g/mol. The summed E-state index contributed by atoms with van der Waals surface area (Å²) in [6, 6.07) is 1.39. The molecule has 4 nitrogen and oxygen atoms in total. The summed E-state index contributed by atoms with van der Waals surface area (Å²) >= 11 is 0. The van der Waals surface area contributed by atoms with Crippen molar-refractivity contribution in [2.75, 3.05) is 13.1 Å². The quantitative estimate of drug-likeness (QED) is 0.327. The predicted molar refractivity (Wildman–Crippen MR) is 110 cm³/mol. The third-order valence-electron chi connectivity index (χ3n) is 4.61. The molecule has 0 saturated carbocycles. The summed E-state index contributed by atoms with van der Waals surface area (Å²) in [5.74, 6) is 0.476. The Labute approximate surface area is 162 Å². The zero-order chi connectivity index (χ0) is 19.6. The average molecular weight is 365 g/mol. The van der Waals surface area contributed by atoms with Gasteiger partial charge in [-0.05, 0) is 37.8 Å². The molecule has 0 aliphatic rings. The second-order valence-corrected chi connectivity index (χ2v) is 7.73. The standard InChI is InChI=1S/C22H40N2O2/c1-19(2)21(17-25)23-15-13-11-9-7-5-6-8-10-12-14-16-24-22(18-26)20(3)4/h19-20,23-24H,5-16H2,1-4H3. The summed E-state index contributed by atoms with van der Waals surface area (Å²) in [6.07, 6.45) is 16.5. The Hall–Kier alpha value is -0.740. The molecule has 0 bridgehead atoms. The van der Waals surface area contributed by atoms with Crippen LogP contribution in [0.5, 0.6) is 0 Å². The smallest absolute Gasteiger partial charge is 0.223 e. The molecule has 0 aromatic rings. The monoisotopic (exact) mass is 364 g/mol. The van der Waals surface area contributed by atoms with E-state index in [0.29, 0.717) is 12.1 Å². The van der Waals surface area contributed by atoms with Gasteiger partial charge in [0.2, 0.25) is 12.6 Å². The van der Waals surface area contributed by atoms with Gasteiger partial charge in [0.05, 0.1) is 0 Å². The predicted octanol–water partition coefficient (Wildman–Crippen LogP) is 4.66. The van der Waals surface area contributed by atoms with Crippen LogP contribution in [0.4, 0.5) is 0 Å². The highest BCUT2D eigenvalue weighted by Gasteiger charge is 2.13. The number of hydrogen-bond donors (Lipinski definition) is 2. The Morgan fingerprint density at radius 1 is 0.577 bits per heavy atom. The Bertz CT molecular complexity index is 300. The van der Waals surface area contributed by atoms with Crippen LogP contribution in [0.15, 0.2) is 0 Å². The fraction of sp³-hybridized carbons (Fsp3) is 0.818. The maximum absolute atomic E-state index is 10.7. The van der Waals surface area contributed by atoms with E-state index in [1.165, 1.54) is 51.4 Å². The third kappa shape index (κ3) is 14.4. The van der Waals surface area contributed by atoms with E-state index >= 15 is 0 Å². The molecular formula is C22H40N2O2. The van der Waals surface area contributed by atoms with Gasteiger partial charge in [-0.2, -0.15) is 0 Å². The Morgan fingerprint density at radius 2 is 0.846 bits per heavy atom. The van der Waals surface area contributed by atoms with E-state index < -0.39 is 0 Å². The summed E-state index contributed by atoms with van der Waals surface area (Å²) in [4.78, 5) is 21.4. The van der Waals surface area contributed by atoms with Crippen molar-refractivity contribution < 1.29 is 9.59 Å². The SMILES string of the molecule is CC(C)[C]([C]=O)NCCCCCCCCCCCCN[C]([C]=O)C(C)C. The summed E-state index contributed by atoms with van der Waals surface area (Å²) in [5.41, 5.74) is 0. The molecule has 2 N–H and O–H groups in total. The van der Waals surface area contributed by atoms with Gasteiger partial charge in [0.25, 0.3) is 0 Å². The summed E-state index contributed by atoms with van der Waals surface area (Å²) in [5, 5.41) is 6.37. The van der Waals surface area contributed by atoms with Crippen molar-refractivity contribution in [2.45, 2.75) is 91.9 Å². The van der Waals surface area contributed by atoms with E-state index in [2.05, 4.69) is 10.6 Å². The highest BCUT2D eigenvalue weighted by molar-refractivity contribution is 5.69. The van der Waals surface area contributed by atoms with Gasteiger partial charge in [-0.3, -0.25) is 9.59 Å². The van der Waals surface area contributed by atoms with Crippen LogP contribution in [0, 0.1) is 23.9 Å². The van der Waals surface area contributed by atoms with E-state index in [9.17, 15) is 9.59 Å². The minimum Gasteiger partial charge on any atom is -0.302 e. The lowest BCUT2D eigenvalue weighted by molar-refractivity contribution is 0.500. The van der Waals surface area contributed by atoms with Crippen LogP contribution in [0.2, 0.25) is 0 Å². The molecule has 0 atom stereocenters. The molecule has 0 unspecified atom stereocenters. The average Bonchev–Trinajstić information content (AvgIpc) is 2.61. The zero-order valence-electron chi connectivity index (χ0n) is 17.5. The van der Waals surface area contributed by atoms with Gasteiger partial charge >= 0.3 is 0 Å². The molecule has 4 radical (unpaired) electrons. The van der Waals surface area contributed by atoms with E-state index in [1.807, 2.05) is 40.3 Å². The molecule has 0 heterocycles. The van der Waals surface area contributed by atoms with Gasteiger partial charge in [0.1, 0.15) is 12.1 Å². The van der Waals surface area contributed by atoms with Crippen molar-refractivity contribution in [3.8, 4) is 0 Å². The molecule has 0 aliphatic carbocycles. The molecule has 0 spiro atoms. The van der Waals surface area contributed by atoms with E-state index in [4.69, 9.17) is 0 Å². The van der Waals surface area contributed by atoms with E-state index in [0.717, 1.165) is 25.9 Å². The van der Waals surface area contributed by atoms with Crippen LogP contribution in [-0.4, -0.2) is 25.7 Å². The number of nitrogens with one attached hydrogen (secondary N) is 2. The Balaban J connectivity index is 3.27. The molecule has 0 aromatic heterocycles. The lowest BCUT2D eigenvalue weighted by Crippen LogP contribution is -2.27. The topological polar surface area (TPSA) is 58.2 Å². The second kappa shape index (κ2) is 17.7. The maximum Gasteiger partial charge on any atom is 0.223 e. The first-order valence-electron chi connectivity index (χ1n) is 10.5. The van der Waals surface area contributed by atoms with E-state index in [-0.39, 0.29) is 11.8 Å². The largest absolute Gasteiger partial charge is 0.302 e. The first-order valence-corrected chi connectivity index (χ1v) is 10.5. The molecule has 0 aliphatic heterocycles. The third-order valence-corrected chi connectivity index (χ3v) is 4.61. The lowest BCUT2D eigenvalue weighted by Gasteiger charge is -2.14. The first-order chi connectivity index (χ1) is 12.5. The van der Waals surface area contributed by atoms with Crippen molar-refractivity contribution in [1.29, 1.82) is 0 Å². The van der Waals surface area contributed by atoms with Crippen molar-refractivity contribution in [2.24, 2.45) is 11.8 Å². The molecule has 26 heavy (non-hydrogen) atoms. The first kappa shape index (κ1) is 25.3. The molecule has 4 heteroatoms. The van der Waals surface area contributed by atoms with Crippen molar-refractivity contribution in [3.05, 3.63) is 12.1 Å². The molecule has 0 aromatic carbocycles. The molecule has 150 valence electrons. The van der Waals surface area contributed by atoms with Gasteiger partial charge in [-0.25, -0.2) is 0 Å². The van der Waals surface area contributed by atoms with Crippen LogP contribution in [0.3, 0.4) is 0 Å². The highest BCUT2D eigenvalue weighted by atomic mass is 16.1. The number of hydrogen-bond acceptors (Lipinski definition) is 4. The summed E-state index contributed by atoms with van der Waals surface area (Å²) in [6.45, 7) is 9.80. The zero-order valence-corrected chi connectivity index (χ0v) is 17.5. The molecule has 0 fully saturated rings. The normalized spacial score (nSPS) is 11.8. The molecule has 0 amide bonds. The fourth-order valence-corrected chi connectivity index (χ4v) is 2.83. The Morgan fingerprint density at radius 3 is 1.08 bits per heavy atom. The van der Waals surface area contributed by atoms with Crippen LogP contribution in [0.1, 0.15) is 91.9 Å².